The van der Waals surface area contributed by atoms with Crippen LogP contribution < -0.4 is 11.1 Å². The van der Waals surface area contributed by atoms with E-state index in [2.05, 4.69) is 5.32 Å². The molecule has 0 saturated carbocycles. The third-order valence-electron chi connectivity index (χ3n) is 2.94. The lowest BCUT2D eigenvalue weighted by atomic mass is 10.1. The largest absolute Gasteiger partial charge is 0.330 e. The van der Waals surface area contributed by atoms with Crippen LogP contribution in [-0.2, 0) is 4.79 Å². The topological polar surface area (TPSA) is 98.3 Å². The van der Waals surface area contributed by atoms with E-state index in [4.69, 9.17) is 5.73 Å². The molecule has 6 nitrogen and oxygen atoms in total. The Kier molecular flexibility index (Phi) is 5.44. The summed E-state index contributed by atoms with van der Waals surface area (Å²) in [7, 11) is 0. The SMILES string of the molecule is Cc1cc(NC(=O)CCCCN)c([N+](=O)[O-])cc1C. The fourth-order valence-corrected chi connectivity index (χ4v) is 1.69. The molecule has 0 heterocycles. The standard InChI is InChI=1S/C13H19N3O3/c1-9-7-11(12(16(18)19)8-10(9)2)15-13(17)5-3-4-6-14/h7-8H,3-6,14H2,1-2H3,(H,15,17). The number of hydrogen-bond donors (Lipinski definition) is 2. The van der Waals surface area contributed by atoms with Crippen molar-refractivity contribution in [1.82, 2.24) is 0 Å². The number of amides is 1. The third kappa shape index (κ3) is 4.33. The second-order valence-electron chi connectivity index (χ2n) is 4.50. The van der Waals surface area contributed by atoms with E-state index in [0.29, 0.717) is 19.4 Å². The van der Waals surface area contributed by atoms with Crippen LogP contribution in [0.25, 0.3) is 0 Å². The fraction of sp³-hybridized carbons (Fsp3) is 0.462. The Bertz CT molecular complexity index is 486. The van der Waals surface area contributed by atoms with Gasteiger partial charge in [0.2, 0.25) is 5.91 Å². The monoisotopic (exact) mass is 265 g/mol. The lowest BCUT2D eigenvalue weighted by Crippen LogP contribution is -2.13. The van der Waals surface area contributed by atoms with Gasteiger partial charge in [-0.05, 0) is 50.4 Å². The number of nitrogens with two attached hydrogens (primary N) is 1. The molecule has 3 N–H and O–H groups in total. The molecule has 1 amide bonds. The molecule has 0 aliphatic heterocycles. The quantitative estimate of drug-likeness (QED) is 0.468. The molecule has 0 fully saturated rings. The highest BCUT2D eigenvalue weighted by molar-refractivity contribution is 5.93. The van der Waals surface area contributed by atoms with E-state index in [-0.39, 0.29) is 17.3 Å². The highest BCUT2D eigenvalue weighted by atomic mass is 16.6. The van der Waals surface area contributed by atoms with Crippen LogP contribution >= 0.6 is 0 Å². The predicted octanol–water partition coefficient (Wildman–Crippen LogP) is 2.28. The van der Waals surface area contributed by atoms with Gasteiger partial charge in [-0.1, -0.05) is 0 Å². The second-order valence-corrected chi connectivity index (χ2v) is 4.50. The second kappa shape index (κ2) is 6.84. The molecule has 0 aliphatic carbocycles. The van der Waals surface area contributed by atoms with Crippen LogP contribution in [0.15, 0.2) is 12.1 Å². The molecule has 0 atom stereocenters. The molecule has 0 radical (unpaired) electrons. The van der Waals surface area contributed by atoms with Crippen LogP contribution in [-0.4, -0.2) is 17.4 Å². The van der Waals surface area contributed by atoms with Crippen LogP contribution in [0.4, 0.5) is 11.4 Å². The summed E-state index contributed by atoms with van der Waals surface area (Å²) in [5.41, 5.74) is 7.26. The summed E-state index contributed by atoms with van der Waals surface area (Å²) in [6.07, 6.45) is 1.77. The Morgan fingerprint density at radius 3 is 2.53 bits per heavy atom. The zero-order valence-electron chi connectivity index (χ0n) is 11.2. The summed E-state index contributed by atoms with van der Waals surface area (Å²) in [6, 6.07) is 3.11. The maximum absolute atomic E-state index is 11.7. The summed E-state index contributed by atoms with van der Waals surface area (Å²) in [5, 5.41) is 13.6. The predicted molar refractivity (Wildman–Crippen MR) is 74.1 cm³/mol. The Morgan fingerprint density at radius 1 is 1.32 bits per heavy atom. The molecule has 0 aromatic heterocycles. The van der Waals surface area contributed by atoms with Crippen LogP contribution in [0, 0.1) is 24.0 Å². The minimum atomic E-state index is -0.484. The molecular weight excluding hydrogens is 246 g/mol. The van der Waals surface area contributed by atoms with E-state index in [9.17, 15) is 14.9 Å². The first kappa shape index (κ1) is 15.1. The summed E-state index contributed by atoms with van der Waals surface area (Å²) in [5.74, 6) is -0.222. The first-order valence-electron chi connectivity index (χ1n) is 6.21. The molecule has 1 aromatic rings. The maximum atomic E-state index is 11.7. The van der Waals surface area contributed by atoms with Gasteiger partial charge < -0.3 is 11.1 Å². The van der Waals surface area contributed by atoms with E-state index in [1.54, 1.807) is 13.0 Å². The molecule has 6 heteroatoms. The highest BCUT2D eigenvalue weighted by Gasteiger charge is 2.17. The minimum Gasteiger partial charge on any atom is -0.330 e. The Labute approximate surface area is 112 Å². The molecule has 1 aromatic carbocycles. The molecule has 0 aliphatic rings. The normalized spacial score (nSPS) is 10.3. The van der Waals surface area contributed by atoms with Gasteiger partial charge in [0.05, 0.1) is 4.92 Å². The van der Waals surface area contributed by atoms with Crippen molar-refractivity contribution >= 4 is 17.3 Å². The van der Waals surface area contributed by atoms with E-state index in [0.717, 1.165) is 17.5 Å². The van der Waals surface area contributed by atoms with E-state index in [1.807, 2.05) is 6.92 Å². The zero-order valence-corrected chi connectivity index (χ0v) is 11.2. The molecule has 0 spiro atoms. The van der Waals surface area contributed by atoms with Crippen LogP contribution in [0.2, 0.25) is 0 Å². The van der Waals surface area contributed by atoms with Gasteiger partial charge in [0.1, 0.15) is 5.69 Å². The average Bonchev–Trinajstić information content (AvgIpc) is 2.33. The molecule has 0 unspecified atom stereocenters. The maximum Gasteiger partial charge on any atom is 0.293 e. The number of aryl methyl sites for hydroxylation is 2. The summed E-state index contributed by atoms with van der Waals surface area (Å²) in [4.78, 5) is 22.2. The Balaban J connectivity index is 2.84. The Morgan fingerprint density at radius 2 is 1.95 bits per heavy atom. The lowest BCUT2D eigenvalue weighted by Gasteiger charge is -2.08. The van der Waals surface area contributed by atoms with Gasteiger partial charge in [-0.15, -0.1) is 0 Å². The number of nitrogens with zero attached hydrogens (tertiary/aromatic N) is 1. The molecule has 19 heavy (non-hydrogen) atoms. The minimum absolute atomic E-state index is 0.0738. The van der Waals surface area contributed by atoms with Gasteiger partial charge in [-0.2, -0.15) is 0 Å². The number of nitro groups is 1. The lowest BCUT2D eigenvalue weighted by molar-refractivity contribution is -0.384. The van der Waals surface area contributed by atoms with E-state index < -0.39 is 4.92 Å². The first-order valence-corrected chi connectivity index (χ1v) is 6.21. The molecule has 0 bridgehead atoms. The van der Waals surface area contributed by atoms with Gasteiger partial charge in [0.25, 0.3) is 5.69 Å². The smallest absolute Gasteiger partial charge is 0.293 e. The zero-order chi connectivity index (χ0) is 14.4. The third-order valence-corrected chi connectivity index (χ3v) is 2.94. The number of anilines is 1. The number of rotatable bonds is 6. The van der Waals surface area contributed by atoms with Crippen molar-refractivity contribution in [3.05, 3.63) is 33.4 Å². The van der Waals surface area contributed by atoms with Crippen molar-refractivity contribution in [2.45, 2.75) is 33.1 Å². The average molecular weight is 265 g/mol. The van der Waals surface area contributed by atoms with Crippen LogP contribution in [0.1, 0.15) is 30.4 Å². The highest BCUT2D eigenvalue weighted by Crippen LogP contribution is 2.28. The van der Waals surface area contributed by atoms with Crippen molar-refractivity contribution in [3.8, 4) is 0 Å². The van der Waals surface area contributed by atoms with E-state index >= 15 is 0 Å². The van der Waals surface area contributed by atoms with Crippen LogP contribution in [0.3, 0.4) is 0 Å². The number of nitrogens with one attached hydrogen (secondary N) is 1. The van der Waals surface area contributed by atoms with Gasteiger partial charge in [-0.3, -0.25) is 14.9 Å². The van der Waals surface area contributed by atoms with Crippen molar-refractivity contribution in [3.63, 3.8) is 0 Å². The van der Waals surface area contributed by atoms with Crippen molar-refractivity contribution in [2.24, 2.45) is 5.73 Å². The molecule has 0 saturated heterocycles. The Hall–Kier alpha value is -1.95. The van der Waals surface area contributed by atoms with Gasteiger partial charge in [0.15, 0.2) is 0 Å². The summed E-state index contributed by atoms with van der Waals surface area (Å²) in [6.45, 7) is 4.19. The number of unbranched alkanes of at least 4 members (excludes halogenated alkanes) is 1. The van der Waals surface area contributed by atoms with E-state index in [1.165, 1.54) is 6.07 Å². The molecule has 1 rings (SSSR count). The van der Waals surface area contributed by atoms with Gasteiger partial charge in [0, 0.05) is 12.5 Å². The first-order chi connectivity index (χ1) is 8.95. The van der Waals surface area contributed by atoms with Gasteiger partial charge in [-0.25, -0.2) is 0 Å². The van der Waals surface area contributed by atoms with Gasteiger partial charge >= 0.3 is 0 Å². The van der Waals surface area contributed by atoms with Crippen molar-refractivity contribution < 1.29 is 9.72 Å². The van der Waals surface area contributed by atoms with Crippen molar-refractivity contribution in [1.29, 1.82) is 0 Å². The fourth-order valence-electron chi connectivity index (χ4n) is 1.69. The number of nitro benzene ring substituents is 1. The number of hydrogen-bond acceptors (Lipinski definition) is 4. The summed E-state index contributed by atoms with van der Waals surface area (Å²) >= 11 is 0. The number of carbonyl (C=O) groups is 1. The summed E-state index contributed by atoms with van der Waals surface area (Å²) < 4.78 is 0. The van der Waals surface area contributed by atoms with Crippen LogP contribution in [0.5, 0.6) is 0 Å². The molecule has 104 valence electrons. The van der Waals surface area contributed by atoms with Crippen molar-refractivity contribution in [2.75, 3.05) is 11.9 Å². The number of benzene rings is 1. The number of carbonyl (C=O) groups excluding carboxylic acids is 1. The molecular formula is C13H19N3O3.